The van der Waals surface area contributed by atoms with E-state index in [0.29, 0.717) is 12.3 Å². The molecule has 1 aliphatic rings. The van der Waals surface area contributed by atoms with Crippen molar-refractivity contribution in [3.63, 3.8) is 0 Å². The van der Waals surface area contributed by atoms with Crippen molar-refractivity contribution in [3.8, 4) is 0 Å². The predicted octanol–water partition coefficient (Wildman–Crippen LogP) is 1.38. The Morgan fingerprint density at radius 2 is 2.22 bits per heavy atom. The molecule has 1 fully saturated rings. The van der Waals surface area contributed by atoms with Crippen molar-refractivity contribution in [2.24, 2.45) is 0 Å². The molecule has 6 nitrogen and oxygen atoms in total. The topological polar surface area (TPSA) is 85.1 Å². The molecule has 1 aromatic rings. The number of nitrogens with zero attached hydrogens (tertiary/aromatic N) is 2. The molecule has 0 aliphatic carbocycles. The minimum absolute atomic E-state index is 0.0532. The summed E-state index contributed by atoms with van der Waals surface area (Å²) in [5.74, 6) is 0.917. The maximum Gasteiger partial charge on any atom is 0.234 e. The van der Waals surface area contributed by atoms with Gasteiger partial charge in [0.2, 0.25) is 11.8 Å². The van der Waals surface area contributed by atoms with Crippen molar-refractivity contribution in [2.75, 3.05) is 12.3 Å². The van der Waals surface area contributed by atoms with E-state index >= 15 is 0 Å². The summed E-state index contributed by atoms with van der Waals surface area (Å²) in [4.78, 5) is 0. The van der Waals surface area contributed by atoms with E-state index in [1.165, 1.54) is 0 Å². The molecule has 0 amide bonds. The van der Waals surface area contributed by atoms with Gasteiger partial charge in [0.05, 0.1) is 11.8 Å². The van der Waals surface area contributed by atoms with Gasteiger partial charge in [-0.25, -0.2) is 8.42 Å². The van der Waals surface area contributed by atoms with Crippen molar-refractivity contribution in [3.05, 3.63) is 11.8 Å². The zero-order valence-corrected chi connectivity index (χ0v) is 11.5. The summed E-state index contributed by atoms with van der Waals surface area (Å²) in [6.45, 7) is 4.69. The Bertz CT molecular complexity index is 497. The van der Waals surface area contributed by atoms with Gasteiger partial charge in [0.1, 0.15) is 5.25 Å². The van der Waals surface area contributed by atoms with Crippen LogP contribution in [0.15, 0.2) is 4.42 Å². The third-order valence-corrected chi connectivity index (χ3v) is 5.35. The van der Waals surface area contributed by atoms with Gasteiger partial charge in [0.15, 0.2) is 9.84 Å². The van der Waals surface area contributed by atoms with E-state index in [1.54, 1.807) is 0 Å². The molecule has 1 N–H and O–H groups in total. The summed E-state index contributed by atoms with van der Waals surface area (Å²) >= 11 is 0. The van der Waals surface area contributed by atoms with Crippen molar-refractivity contribution < 1.29 is 12.8 Å². The van der Waals surface area contributed by atoms with Crippen LogP contribution in [-0.2, 0) is 9.84 Å². The van der Waals surface area contributed by atoms with E-state index in [1.807, 2.05) is 13.8 Å². The van der Waals surface area contributed by atoms with Crippen LogP contribution < -0.4 is 5.32 Å². The van der Waals surface area contributed by atoms with E-state index in [0.717, 1.165) is 19.4 Å². The molecule has 2 rings (SSSR count). The number of hydrogen-bond acceptors (Lipinski definition) is 6. The quantitative estimate of drug-likeness (QED) is 0.892. The Labute approximate surface area is 107 Å². The zero-order chi connectivity index (χ0) is 13.2. The maximum absolute atomic E-state index is 11.9. The minimum Gasteiger partial charge on any atom is -0.422 e. The van der Waals surface area contributed by atoms with Gasteiger partial charge < -0.3 is 9.73 Å². The van der Waals surface area contributed by atoms with Gasteiger partial charge in [0, 0.05) is 0 Å². The fourth-order valence-electron chi connectivity index (χ4n) is 2.18. The first kappa shape index (κ1) is 13.5. The van der Waals surface area contributed by atoms with Crippen LogP contribution in [0.25, 0.3) is 0 Å². The highest BCUT2D eigenvalue weighted by molar-refractivity contribution is 7.91. The Morgan fingerprint density at radius 1 is 1.44 bits per heavy atom. The molecule has 1 aliphatic heterocycles. The van der Waals surface area contributed by atoms with Crippen molar-refractivity contribution >= 4 is 9.84 Å². The number of sulfone groups is 1. The lowest BCUT2D eigenvalue weighted by atomic mass is 10.2. The Balaban J connectivity index is 2.19. The Hall–Kier alpha value is -0.950. The lowest BCUT2D eigenvalue weighted by Gasteiger charge is -2.18. The molecule has 0 saturated carbocycles. The molecule has 0 aromatic carbocycles. The molecular weight excluding hydrogens is 254 g/mol. The van der Waals surface area contributed by atoms with Gasteiger partial charge in [0.25, 0.3) is 0 Å². The average molecular weight is 273 g/mol. The lowest BCUT2D eigenvalue weighted by Crippen LogP contribution is -2.22. The van der Waals surface area contributed by atoms with Crippen LogP contribution in [0.2, 0.25) is 0 Å². The molecule has 2 heterocycles. The fraction of sp³-hybridized carbons (Fsp3) is 0.818. The maximum atomic E-state index is 11.9. The Kier molecular flexibility index (Phi) is 4.01. The molecule has 1 aromatic heterocycles. The van der Waals surface area contributed by atoms with Gasteiger partial charge in [-0.15, -0.1) is 10.2 Å². The molecule has 102 valence electrons. The van der Waals surface area contributed by atoms with Gasteiger partial charge in [-0.1, -0.05) is 13.3 Å². The lowest BCUT2D eigenvalue weighted by molar-refractivity contribution is 0.384. The van der Waals surface area contributed by atoms with Crippen molar-refractivity contribution in [1.29, 1.82) is 0 Å². The predicted molar refractivity (Wildman–Crippen MR) is 66.8 cm³/mol. The van der Waals surface area contributed by atoms with Crippen LogP contribution in [-0.4, -0.2) is 30.9 Å². The molecule has 0 radical (unpaired) electrons. The van der Waals surface area contributed by atoms with Crippen LogP contribution in [0.5, 0.6) is 0 Å². The standard InChI is InChI=1S/C11H19N3O3S/c1-3-12-8(2)10-13-14-11(17-10)9-6-4-5-7-18(9,15)16/h8-9,12H,3-7H2,1-2H3. The number of aromatic nitrogens is 2. The largest absolute Gasteiger partial charge is 0.422 e. The number of nitrogens with one attached hydrogen (secondary N) is 1. The van der Waals surface area contributed by atoms with Gasteiger partial charge >= 0.3 is 0 Å². The molecule has 1 saturated heterocycles. The van der Waals surface area contributed by atoms with Crippen molar-refractivity contribution in [1.82, 2.24) is 15.5 Å². The van der Waals surface area contributed by atoms with Crippen LogP contribution in [0.1, 0.15) is 56.2 Å². The van der Waals surface area contributed by atoms with Gasteiger partial charge in [-0.05, 0) is 26.3 Å². The first-order valence-electron chi connectivity index (χ1n) is 6.33. The molecule has 0 bridgehead atoms. The smallest absolute Gasteiger partial charge is 0.234 e. The average Bonchev–Trinajstić information content (AvgIpc) is 2.78. The number of rotatable bonds is 4. The summed E-state index contributed by atoms with van der Waals surface area (Å²) in [6, 6.07) is -0.0532. The minimum atomic E-state index is -3.12. The fourth-order valence-corrected chi connectivity index (χ4v) is 4.00. The SMILES string of the molecule is CCNC(C)c1nnc(C2CCCCS2(=O)=O)o1. The second kappa shape index (κ2) is 5.36. The summed E-state index contributed by atoms with van der Waals surface area (Å²) < 4.78 is 29.4. The highest BCUT2D eigenvalue weighted by Gasteiger charge is 2.34. The summed E-state index contributed by atoms with van der Waals surface area (Å²) in [5, 5.41) is 10.4. The Morgan fingerprint density at radius 3 is 2.89 bits per heavy atom. The zero-order valence-electron chi connectivity index (χ0n) is 10.7. The molecule has 7 heteroatoms. The molecule has 0 spiro atoms. The van der Waals surface area contributed by atoms with E-state index in [9.17, 15) is 8.42 Å². The van der Waals surface area contributed by atoms with Crippen LogP contribution in [0, 0.1) is 0 Å². The highest BCUT2D eigenvalue weighted by Crippen LogP contribution is 2.32. The third kappa shape index (κ3) is 2.72. The highest BCUT2D eigenvalue weighted by atomic mass is 32.2. The molecule has 2 unspecified atom stereocenters. The van der Waals surface area contributed by atoms with Crippen LogP contribution >= 0.6 is 0 Å². The first-order valence-corrected chi connectivity index (χ1v) is 8.04. The summed E-state index contributed by atoms with van der Waals surface area (Å²) in [7, 11) is -3.12. The molecule has 2 atom stereocenters. The summed E-state index contributed by atoms with van der Waals surface area (Å²) in [5.41, 5.74) is 0. The van der Waals surface area contributed by atoms with Crippen molar-refractivity contribution in [2.45, 2.75) is 44.4 Å². The van der Waals surface area contributed by atoms with E-state index in [2.05, 4.69) is 15.5 Å². The third-order valence-electron chi connectivity index (χ3n) is 3.19. The van der Waals surface area contributed by atoms with E-state index in [4.69, 9.17) is 4.42 Å². The van der Waals surface area contributed by atoms with Gasteiger partial charge in [-0.2, -0.15) is 0 Å². The van der Waals surface area contributed by atoms with Crippen LogP contribution in [0.4, 0.5) is 0 Å². The van der Waals surface area contributed by atoms with E-state index in [-0.39, 0.29) is 17.7 Å². The number of hydrogen-bond donors (Lipinski definition) is 1. The summed E-state index contributed by atoms with van der Waals surface area (Å²) in [6.07, 6.45) is 2.21. The molecule has 18 heavy (non-hydrogen) atoms. The first-order chi connectivity index (χ1) is 8.54. The van der Waals surface area contributed by atoms with E-state index < -0.39 is 15.1 Å². The second-order valence-electron chi connectivity index (χ2n) is 4.61. The second-order valence-corrected chi connectivity index (χ2v) is 6.91. The molecular formula is C11H19N3O3S. The monoisotopic (exact) mass is 273 g/mol. The normalized spacial score (nSPS) is 24.9. The van der Waals surface area contributed by atoms with Gasteiger partial charge in [-0.3, -0.25) is 0 Å². The van der Waals surface area contributed by atoms with Crippen LogP contribution in [0.3, 0.4) is 0 Å².